The zero-order chi connectivity index (χ0) is 21.3. The molecule has 1 amide bonds. The van der Waals surface area contributed by atoms with Crippen LogP contribution in [-0.2, 0) is 0 Å². The number of nitrogens with zero attached hydrogens (tertiary/aromatic N) is 4. The quantitative estimate of drug-likeness (QED) is 0.343. The van der Waals surface area contributed by atoms with Crippen LogP contribution in [0.1, 0.15) is 16.1 Å². The number of nitro groups is 1. The summed E-state index contributed by atoms with van der Waals surface area (Å²) in [5.41, 5.74) is 2.24. The first-order valence-corrected chi connectivity index (χ1v) is 10.0. The number of amides is 1. The van der Waals surface area contributed by atoms with E-state index in [0.29, 0.717) is 16.6 Å². The Morgan fingerprint density at radius 3 is 2.70 bits per heavy atom. The van der Waals surface area contributed by atoms with E-state index >= 15 is 0 Å². The summed E-state index contributed by atoms with van der Waals surface area (Å²) in [5.74, 6) is -0.111. The summed E-state index contributed by atoms with van der Waals surface area (Å²) in [5, 5.41) is 20.7. The van der Waals surface area contributed by atoms with Gasteiger partial charge in [0, 0.05) is 28.6 Å². The van der Waals surface area contributed by atoms with Gasteiger partial charge in [-0.25, -0.2) is 4.98 Å². The minimum atomic E-state index is -0.631. The number of halogens is 1. The van der Waals surface area contributed by atoms with Gasteiger partial charge in [0.15, 0.2) is 0 Å². The number of thiazole rings is 1. The van der Waals surface area contributed by atoms with Crippen molar-refractivity contribution in [2.45, 2.75) is 6.92 Å². The number of anilines is 1. The van der Waals surface area contributed by atoms with Crippen LogP contribution in [0.2, 0.25) is 5.02 Å². The number of rotatable bonds is 5. The van der Waals surface area contributed by atoms with E-state index in [4.69, 9.17) is 11.6 Å². The van der Waals surface area contributed by atoms with Crippen molar-refractivity contribution in [1.82, 2.24) is 14.8 Å². The predicted octanol–water partition coefficient (Wildman–Crippen LogP) is 5.12. The van der Waals surface area contributed by atoms with Crippen LogP contribution in [0.4, 0.5) is 11.5 Å². The largest absolute Gasteiger partial charge is 0.306 e. The molecule has 0 spiro atoms. The first-order valence-electron chi connectivity index (χ1n) is 8.75. The first kappa shape index (κ1) is 19.7. The number of nitro benzene ring substituents is 1. The minimum Gasteiger partial charge on any atom is -0.306 e. The lowest BCUT2D eigenvalue weighted by Crippen LogP contribution is -2.15. The molecule has 8 nitrogen and oxygen atoms in total. The van der Waals surface area contributed by atoms with Crippen LogP contribution in [0.15, 0.2) is 60.0 Å². The molecule has 0 aliphatic rings. The van der Waals surface area contributed by atoms with Gasteiger partial charge in [-0.3, -0.25) is 14.9 Å². The van der Waals surface area contributed by atoms with Crippen molar-refractivity contribution in [3.05, 3.63) is 86.4 Å². The van der Waals surface area contributed by atoms with Gasteiger partial charge in [0.2, 0.25) is 5.13 Å². The molecular formula is C20H14ClN5O3S. The van der Waals surface area contributed by atoms with E-state index in [2.05, 4.69) is 15.4 Å². The molecule has 0 fully saturated rings. The first-order chi connectivity index (χ1) is 14.4. The van der Waals surface area contributed by atoms with Crippen LogP contribution < -0.4 is 5.32 Å². The van der Waals surface area contributed by atoms with Gasteiger partial charge in [-0.05, 0) is 19.1 Å². The maximum Gasteiger partial charge on any atom is 0.288 e. The second kappa shape index (κ2) is 8.05. The summed E-state index contributed by atoms with van der Waals surface area (Å²) in [7, 11) is 0. The molecule has 0 atom stereocenters. The normalized spacial score (nSPS) is 10.7. The van der Waals surface area contributed by atoms with Crippen molar-refractivity contribution >= 4 is 40.4 Å². The Labute approximate surface area is 179 Å². The molecule has 10 heteroatoms. The fraction of sp³-hybridized carbons (Fsp3) is 0.0500. The van der Waals surface area contributed by atoms with Crippen LogP contribution in [0.5, 0.6) is 0 Å². The number of carbonyl (C=O) groups excluding carboxylic acids is 1. The van der Waals surface area contributed by atoms with Gasteiger partial charge in [0.1, 0.15) is 10.8 Å². The molecule has 2 aromatic heterocycles. The third-order valence-corrected chi connectivity index (χ3v) is 5.36. The maximum atomic E-state index is 12.7. The summed E-state index contributed by atoms with van der Waals surface area (Å²) < 4.78 is 1.54. The van der Waals surface area contributed by atoms with Crippen molar-refractivity contribution in [1.29, 1.82) is 0 Å². The number of aromatic nitrogens is 3. The van der Waals surface area contributed by atoms with E-state index in [-0.39, 0.29) is 16.3 Å². The summed E-state index contributed by atoms with van der Waals surface area (Å²) in [4.78, 5) is 27.8. The molecule has 0 aliphatic carbocycles. The van der Waals surface area contributed by atoms with E-state index < -0.39 is 10.8 Å². The number of hydrogen-bond acceptors (Lipinski definition) is 6. The standard InChI is InChI=1S/C20H14ClN5O3S/c1-12-9-18(23-19(27)14-7-8-15(21)17(10-14)26(28)29)25(24-12)20-22-16(11-30-20)13-5-3-2-4-6-13/h2-11H,1H3,(H,23,27). The molecule has 0 bridgehead atoms. The molecule has 0 radical (unpaired) electrons. The van der Waals surface area contributed by atoms with Gasteiger partial charge in [-0.2, -0.15) is 9.78 Å². The zero-order valence-electron chi connectivity index (χ0n) is 15.6. The van der Waals surface area contributed by atoms with Crippen molar-refractivity contribution in [3.63, 3.8) is 0 Å². The summed E-state index contributed by atoms with van der Waals surface area (Å²) in [6, 6.07) is 15.3. The molecule has 0 aliphatic heterocycles. The summed E-state index contributed by atoms with van der Waals surface area (Å²) in [6.07, 6.45) is 0. The van der Waals surface area contributed by atoms with Crippen LogP contribution in [0, 0.1) is 17.0 Å². The van der Waals surface area contributed by atoms with Crippen molar-refractivity contribution < 1.29 is 9.72 Å². The van der Waals surface area contributed by atoms with Gasteiger partial charge >= 0.3 is 0 Å². The van der Waals surface area contributed by atoms with Crippen LogP contribution in [0.25, 0.3) is 16.4 Å². The van der Waals surface area contributed by atoms with E-state index in [1.807, 2.05) is 35.7 Å². The number of hydrogen-bond donors (Lipinski definition) is 1. The average Bonchev–Trinajstić information content (AvgIpc) is 3.35. The molecule has 1 N–H and O–H groups in total. The van der Waals surface area contributed by atoms with Crippen molar-refractivity contribution in [2.75, 3.05) is 5.32 Å². The molecule has 2 aromatic carbocycles. The Morgan fingerprint density at radius 2 is 1.97 bits per heavy atom. The predicted molar refractivity (Wildman–Crippen MR) is 115 cm³/mol. The van der Waals surface area contributed by atoms with Gasteiger partial charge in [-0.15, -0.1) is 11.3 Å². The topological polar surface area (TPSA) is 103 Å². The summed E-state index contributed by atoms with van der Waals surface area (Å²) >= 11 is 7.21. The Hall–Kier alpha value is -3.56. The smallest absolute Gasteiger partial charge is 0.288 e. The molecule has 0 saturated heterocycles. The Morgan fingerprint density at radius 1 is 1.20 bits per heavy atom. The molecular weight excluding hydrogens is 426 g/mol. The van der Waals surface area contributed by atoms with Gasteiger partial charge in [-0.1, -0.05) is 41.9 Å². The average molecular weight is 440 g/mol. The molecule has 30 heavy (non-hydrogen) atoms. The van der Waals surface area contributed by atoms with E-state index in [1.54, 1.807) is 13.0 Å². The van der Waals surface area contributed by atoms with Crippen LogP contribution in [-0.4, -0.2) is 25.6 Å². The van der Waals surface area contributed by atoms with E-state index in [1.165, 1.54) is 28.2 Å². The second-order valence-electron chi connectivity index (χ2n) is 6.34. The van der Waals surface area contributed by atoms with Gasteiger partial charge in [0.25, 0.3) is 11.6 Å². The number of carbonyl (C=O) groups is 1. The number of aryl methyl sites for hydroxylation is 1. The Kier molecular flexibility index (Phi) is 5.30. The molecule has 0 saturated carbocycles. The van der Waals surface area contributed by atoms with Crippen molar-refractivity contribution in [2.24, 2.45) is 0 Å². The van der Waals surface area contributed by atoms with Crippen LogP contribution in [0.3, 0.4) is 0 Å². The highest BCUT2D eigenvalue weighted by molar-refractivity contribution is 7.12. The van der Waals surface area contributed by atoms with E-state index in [9.17, 15) is 14.9 Å². The Bertz CT molecular complexity index is 1250. The second-order valence-corrected chi connectivity index (χ2v) is 7.59. The third-order valence-electron chi connectivity index (χ3n) is 4.22. The highest BCUT2D eigenvalue weighted by atomic mass is 35.5. The SMILES string of the molecule is Cc1cc(NC(=O)c2ccc(Cl)c([N+](=O)[O-])c2)n(-c2nc(-c3ccccc3)cs2)n1. The van der Waals surface area contributed by atoms with Crippen molar-refractivity contribution in [3.8, 4) is 16.4 Å². The van der Waals surface area contributed by atoms with Gasteiger partial charge in [0.05, 0.1) is 16.3 Å². The van der Waals surface area contributed by atoms with E-state index in [0.717, 1.165) is 17.3 Å². The number of nitrogens with one attached hydrogen (secondary N) is 1. The fourth-order valence-corrected chi connectivity index (χ4v) is 3.80. The minimum absolute atomic E-state index is 0.0336. The highest BCUT2D eigenvalue weighted by Gasteiger charge is 2.19. The molecule has 0 unspecified atom stereocenters. The lowest BCUT2D eigenvalue weighted by Gasteiger charge is -2.07. The lowest BCUT2D eigenvalue weighted by molar-refractivity contribution is -0.384. The maximum absolute atomic E-state index is 12.7. The molecule has 2 heterocycles. The Balaban J connectivity index is 1.63. The molecule has 4 rings (SSSR count). The number of benzene rings is 2. The lowest BCUT2D eigenvalue weighted by atomic mass is 10.2. The molecule has 150 valence electrons. The summed E-state index contributed by atoms with van der Waals surface area (Å²) in [6.45, 7) is 1.80. The fourth-order valence-electron chi connectivity index (χ4n) is 2.82. The van der Waals surface area contributed by atoms with Crippen LogP contribution >= 0.6 is 22.9 Å². The highest BCUT2D eigenvalue weighted by Crippen LogP contribution is 2.28. The zero-order valence-corrected chi connectivity index (χ0v) is 17.1. The molecule has 4 aromatic rings. The van der Waals surface area contributed by atoms with Gasteiger partial charge < -0.3 is 5.32 Å². The monoisotopic (exact) mass is 439 g/mol. The third kappa shape index (κ3) is 3.93.